The van der Waals surface area contributed by atoms with Gasteiger partial charge in [-0.25, -0.2) is 9.07 Å². The summed E-state index contributed by atoms with van der Waals surface area (Å²) in [5.74, 6) is 0.271. The summed E-state index contributed by atoms with van der Waals surface area (Å²) in [6, 6.07) is 11.7. The molecule has 0 saturated heterocycles. The summed E-state index contributed by atoms with van der Waals surface area (Å²) >= 11 is 6.20. The number of ketones is 1. The summed E-state index contributed by atoms with van der Waals surface area (Å²) in [5.41, 5.74) is 3.94. The Morgan fingerprint density at radius 3 is 2.65 bits per heavy atom. The zero-order chi connectivity index (χ0) is 18.3. The van der Waals surface area contributed by atoms with E-state index in [1.165, 1.54) is 12.1 Å². The molecule has 1 aromatic heterocycles. The minimum Gasteiger partial charge on any atom is -0.338 e. The largest absolute Gasteiger partial charge is 0.338 e. The van der Waals surface area contributed by atoms with E-state index < -0.39 is 0 Å². The lowest BCUT2D eigenvalue weighted by Crippen LogP contribution is -2.13. The number of hydrogen-bond acceptors (Lipinski definition) is 3. The number of hydrogen-bond donors (Lipinski definition) is 1. The molecule has 1 aliphatic carbocycles. The van der Waals surface area contributed by atoms with E-state index in [4.69, 9.17) is 11.6 Å². The second-order valence-corrected chi connectivity index (χ2v) is 6.83. The van der Waals surface area contributed by atoms with Gasteiger partial charge in [-0.1, -0.05) is 17.7 Å². The van der Waals surface area contributed by atoms with E-state index in [0.29, 0.717) is 22.8 Å². The Hall–Kier alpha value is -2.66. The molecule has 0 atom stereocenters. The van der Waals surface area contributed by atoms with Crippen molar-refractivity contribution < 1.29 is 9.18 Å². The first kappa shape index (κ1) is 16.8. The first-order chi connectivity index (χ1) is 12.5. The van der Waals surface area contributed by atoms with Crippen molar-refractivity contribution >= 4 is 28.9 Å². The van der Waals surface area contributed by atoms with Crippen LogP contribution < -0.4 is 5.32 Å². The Kier molecular flexibility index (Phi) is 4.24. The SMILES string of the molecule is Cc1ccc(Nc2nn(-c3ccc(F)cc3)c3c2C(=O)CCC3)cc1Cl. The van der Waals surface area contributed by atoms with E-state index in [1.807, 2.05) is 25.1 Å². The van der Waals surface area contributed by atoms with E-state index in [1.54, 1.807) is 16.8 Å². The lowest BCUT2D eigenvalue weighted by atomic mass is 9.95. The normalized spacial score (nSPS) is 13.6. The molecule has 4 rings (SSSR count). The lowest BCUT2D eigenvalue weighted by Gasteiger charge is -2.13. The van der Waals surface area contributed by atoms with Gasteiger partial charge in [0.25, 0.3) is 0 Å². The van der Waals surface area contributed by atoms with Crippen molar-refractivity contribution in [2.24, 2.45) is 0 Å². The van der Waals surface area contributed by atoms with Gasteiger partial charge in [-0.15, -0.1) is 5.10 Å². The highest BCUT2D eigenvalue weighted by molar-refractivity contribution is 6.31. The summed E-state index contributed by atoms with van der Waals surface area (Å²) in [4.78, 5) is 12.5. The Labute approximate surface area is 155 Å². The predicted molar refractivity (Wildman–Crippen MR) is 100 cm³/mol. The third-order valence-corrected chi connectivity index (χ3v) is 4.99. The molecule has 6 heteroatoms. The first-order valence-electron chi connectivity index (χ1n) is 8.47. The minimum absolute atomic E-state index is 0.0697. The predicted octanol–water partition coefficient (Wildman–Crippen LogP) is 5.24. The number of aromatic nitrogens is 2. The van der Waals surface area contributed by atoms with Crippen molar-refractivity contribution in [1.29, 1.82) is 0 Å². The van der Waals surface area contributed by atoms with Crippen LogP contribution >= 0.6 is 11.6 Å². The number of aryl methyl sites for hydroxylation is 1. The summed E-state index contributed by atoms with van der Waals surface area (Å²) in [6.07, 6.45) is 2.04. The molecule has 132 valence electrons. The Morgan fingerprint density at radius 2 is 1.92 bits per heavy atom. The van der Waals surface area contributed by atoms with E-state index in [9.17, 15) is 9.18 Å². The van der Waals surface area contributed by atoms with E-state index in [2.05, 4.69) is 10.4 Å². The maximum atomic E-state index is 13.3. The van der Waals surface area contributed by atoms with Gasteiger partial charge < -0.3 is 5.32 Å². The quantitative estimate of drug-likeness (QED) is 0.687. The Morgan fingerprint density at radius 1 is 1.15 bits per heavy atom. The summed E-state index contributed by atoms with van der Waals surface area (Å²) in [6.45, 7) is 1.93. The zero-order valence-corrected chi connectivity index (χ0v) is 15.0. The van der Waals surface area contributed by atoms with Gasteiger partial charge in [0, 0.05) is 17.1 Å². The molecule has 0 bridgehead atoms. The number of anilines is 2. The second kappa shape index (κ2) is 6.57. The molecule has 0 aliphatic heterocycles. The fourth-order valence-electron chi connectivity index (χ4n) is 3.21. The van der Waals surface area contributed by atoms with E-state index in [0.717, 1.165) is 35.5 Å². The van der Waals surface area contributed by atoms with E-state index in [-0.39, 0.29) is 11.6 Å². The molecule has 0 saturated carbocycles. The molecule has 3 aromatic rings. The number of carbonyl (C=O) groups excluding carboxylic acids is 1. The third kappa shape index (κ3) is 2.99. The number of carbonyl (C=O) groups is 1. The molecule has 0 spiro atoms. The van der Waals surface area contributed by atoms with Gasteiger partial charge >= 0.3 is 0 Å². The monoisotopic (exact) mass is 369 g/mol. The fourth-order valence-corrected chi connectivity index (χ4v) is 3.39. The third-order valence-electron chi connectivity index (χ3n) is 4.58. The molecular formula is C20H17ClFN3O. The highest BCUT2D eigenvalue weighted by Crippen LogP contribution is 2.32. The van der Waals surface area contributed by atoms with Crippen LogP contribution in [0.15, 0.2) is 42.5 Å². The average molecular weight is 370 g/mol. The van der Waals surface area contributed by atoms with Gasteiger partial charge in [0.2, 0.25) is 0 Å². The van der Waals surface area contributed by atoms with Crippen LogP contribution in [0.4, 0.5) is 15.9 Å². The van der Waals surface area contributed by atoms with Crippen molar-refractivity contribution in [3.63, 3.8) is 0 Å². The average Bonchev–Trinajstić information content (AvgIpc) is 2.99. The molecule has 0 unspecified atom stereocenters. The maximum Gasteiger partial charge on any atom is 0.168 e. The topological polar surface area (TPSA) is 46.9 Å². The number of fused-ring (bicyclic) bond motifs is 1. The molecule has 1 aliphatic rings. The van der Waals surface area contributed by atoms with Gasteiger partial charge in [0.15, 0.2) is 11.6 Å². The van der Waals surface area contributed by atoms with Gasteiger partial charge in [-0.3, -0.25) is 4.79 Å². The highest BCUT2D eigenvalue weighted by atomic mass is 35.5. The smallest absolute Gasteiger partial charge is 0.168 e. The molecule has 26 heavy (non-hydrogen) atoms. The van der Waals surface area contributed by atoms with Crippen LogP contribution in [0.5, 0.6) is 0 Å². The second-order valence-electron chi connectivity index (χ2n) is 6.42. The number of nitrogens with one attached hydrogen (secondary N) is 1. The van der Waals surface area contributed by atoms with Crippen molar-refractivity contribution in [3.8, 4) is 5.69 Å². The summed E-state index contributed by atoms with van der Waals surface area (Å²) < 4.78 is 15.0. The van der Waals surface area contributed by atoms with Crippen LogP contribution in [0, 0.1) is 12.7 Å². The van der Waals surface area contributed by atoms with Gasteiger partial charge in [0.1, 0.15) is 5.82 Å². The van der Waals surface area contributed by atoms with E-state index >= 15 is 0 Å². The van der Waals surface area contributed by atoms with Crippen LogP contribution in [0.1, 0.15) is 34.5 Å². The molecule has 0 radical (unpaired) electrons. The molecule has 4 nitrogen and oxygen atoms in total. The lowest BCUT2D eigenvalue weighted by molar-refractivity contribution is 0.0973. The molecule has 2 aromatic carbocycles. The fraction of sp³-hybridized carbons (Fsp3) is 0.200. The highest BCUT2D eigenvalue weighted by Gasteiger charge is 2.27. The van der Waals surface area contributed by atoms with Gasteiger partial charge in [0.05, 0.1) is 16.9 Å². The van der Waals surface area contributed by atoms with Crippen molar-refractivity contribution in [3.05, 3.63) is 70.1 Å². The van der Waals surface area contributed by atoms with Crippen LogP contribution in [-0.4, -0.2) is 15.6 Å². The van der Waals surface area contributed by atoms with Crippen LogP contribution in [0.3, 0.4) is 0 Å². The van der Waals surface area contributed by atoms with Crippen LogP contribution in [-0.2, 0) is 6.42 Å². The van der Waals surface area contributed by atoms with Crippen molar-refractivity contribution in [1.82, 2.24) is 9.78 Å². The molecule has 0 fully saturated rings. The van der Waals surface area contributed by atoms with Gasteiger partial charge in [-0.2, -0.15) is 0 Å². The number of halogens is 2. The first-order valence-corrected chi connectivity index (χ1v) is 8.85. The number of Topliss-reactive ketones (excluding diaryl/α,β-unsaturated/α-hetero) is 1. The van der Waals surface area contributed by atoms with Crippen molar-refractivity contribution in [2.45, 2.75) is 26.2 Å². The Balaban J connectivity index is 1.80. The summed E-state index contributed by atoms with van der Waals surface area (Å²) in [5, 5.41) is 8.48. The number of benzene rings is 2. The molecule has 1 heterocycles. The standard InChI is InChI=1S/C20H17ClFN3O/c1-12-5-8-14(11-16(12)21)23-20-19-17(3-2-4-18(19)26)25(24-20)15-9-6-13(22)7-10-15/h5-11H,2-4H2,1H3,(H,23,24). The zero-order valence-electron chi connectivity index (χ0n) is 14.2. The summed E-state index contributed by atoms with van der Waals surface area (Å²) in [7, 11) is 0. The minimum atomic E-state index is -0.307. The van der Waals surface area contributed by atoms with Crippen LogP contribution in [0.2, 0.25) is 5.02 Å². The molecular weight excluding hydrogens is 353 g/mol. The van der Waals surface area contributed by atoms with Crippen molar-refractivity contribution in [2.75, 3.05) is 5.32 Å². The van der Waals surface area contributed by atoms with Crippen LogP contribution in [0.25, 0.3) is 5.69 Å². The number of rotatable bonds is 3. The molecule has 1 N–H and O–H groups in total. The molecule has 0 amide bonds. The Bertz CT molecular complexity index is 995. The number of nitrogens with zero attached hydrogens (tertiary/aromatic N) is 2. The van der Waals surface area contributed by atoms with Gasteiger partial charge in [-0.05, 0) is 61.7 Å². The maximum absolute atomic E-state index is 13.3.